The van der Waals surface area contributed by atoms with E-state index in [9.17, 15) is 9.90 Å². The first-order valence-electron chi connectivity index (χ1n) is 10.5. The Morgan fingerprint density at radius 3 is 2.53 bits per heavy atom. The summed E-state index contributed by atoms with van der Waals surface area (Å²) in [5, 5.41) is 14.5. The number of carboxylic acid groups (broad SMARTS) is 1. The van der Waals surface area contributed by atoms with Crippen LogP contribution in [-0.2, 0) is 19.6 Å². The van der Waals surface area contributed by atoms with Crippen molar-refractivity contribution in [2.24, 2.45) is 0 Å². The number of rotatable bonds is 9. The van der Waals surface area contributed by atoms with Gasteiger partial charge in [0.2, 0.25) is 0 Å². The summed E-state index contributed by atoms with van der Waals surface area (Å²) >= 11 is 0. The second kappa shape index (κ2) is 9.54. The van der Waals surface area contributed by atoms with Crippen molar-refractivity contribution in [2.75, 3.05) is 7.11 Å². The molecule has 0 bridgehead atoms. The van der Waals surface area contributed by atoms with E-state index in [0.29, 0.717) is 25.3 Å². The van der Waals surface area contributed by atoms with Crippen LogP contribution in [0.1, 0.15) is 32.7 Å². The molecule has 4 aromatic rings. The molecule has 0 aliphatic carbocycles. The van der Waals surface area contributed by atoms with Crippen LogP contribution in [0.15, 0.2) is 79.4 Å². The first-order valence-corrected chi connectivity index (χ1v) is 10.5. The minimum absolute atomic E-state index is 0.317. The third-order valence-electron chi connectivity index (χ3n) is 5.60. The summed E-state index contributed by atoms with van der Waals surface area (Å²) in [7, 11) is 1.64. The minimum Gasteiger partial charge on any atom is -0.497 e. The molecule has 0 saturated carbocycles. The van der Waals surface area contributed by atoms with Crippen molar-refractivity contribution in [3.05, 3.63) is 107 Å². The summed E-state index contributed by atoms with van der Waals surface area (Å²) in [6, 6.07) is 23.7. The lowest BCUT2D eigenvalue weighted by atomic mass is 10.1. The fraction of sp³-hybridized carbons (Fsp3) is 0.148. The second-order valence-corrected chi connectivity index (χ2v) is 7.64. The molecule has 1 heterocycles. The molecule has 4 rings (SSSR count). The van der Waals surface area contributed by atoms with Crippen LogP contribution < -0.4 is 10.1 Å². The highest BCUT2D eigenvalue weighted by Gasteiger charge is 2.22. The summed E-state index contributed by atoms with van der Waals surface area (Å²) in [6.07, 6.45) is 1.80. The van der Waals surface area contributed by atoms with Gasteiger partial charge < -0.3 is 19.7 Å². The first-order chi connectivity index (χ1) is 15.6. The predicted octanol–water partition coefficient (Wildman–Crippen LogP) is 5.33. The molecule has 162 valence electrons. The van der Waals surface area contributed by atoms with Crippen molar-refractivity contribution in [3.63, 3.8) is 0 Å². The van der Waals surface area contributed by atoms with Crippen molar-refractivity contribution in [3.8, 4) is 5.75 Å². The molecule has 0 radical (unpaired) electrons. The Balaban J connectivity index is 1.66. The zero-order chi connectivity index (χ0) is 22.5. The van der Waals surface area contributed by atoms with Gasteiger partial charge in [0.1, 0.15) is 11.4 Å². The number of nitrogens with one attached hydrogen (secondary N) is 1. The fourth-order valence-electron chi connectivity index (χ4n) is 4.02. The smallest absolute Gasteiger partial charge is 0.352 e. The van der Waals surface area contributed by atoms with Gasteiger partial charge in [-0.3, -0.25) is 0 Å². The molecule has 5 nitrogen and oxygen atoms in total. The first kappa shape index (κ1) is 21.4. The molecule has 3 aromatic carbocycles. The van der Waals surface area contributed by atoms with Gasteiger partial charge in [-0.2, -0.15) is 0 Å². The highest BCUT2D eigenvalue weighted by molar-refractivity contribution is 5.98. The van der Waals surface area contributed by atoms with E-state index in [4.69, 9.17) is 4.74 Å². The number of fused-ring (bicyclic) bond motifs is 1. The molecule has 0 aliphatic rings. The van der Waals surface area contributed by atoms with Crippen molar-refractivity contribution in [1.82, 2.24) is 9.88 Å². The molecular weight excluding hydrogens is 400 g/mol. The van der Waals surface area contributed by atoms with Gasteiger partial charge in [-0.05, 0) is 34.9 Å². The number of aromatic carboxylic acids is 1. The molecule has 0 spiro atoms. The Labute approximate surface area is 187 Å². The molecule has 32 heavy (non-hydrogen) atoms. The number of carboxylic acids is 1. The summed E-state index contributed by atoms with van der Waals surface area (Å²) in [5.74, 6) is -0.128. The van der Waals surface area contributed by atoms with Crippen molar-refractivity contribution >= 4 is 22.9 Å². The van der Waals surface area contributed by atoms with Crippen molar-refractivity contribution in [2.45, 2.75) is 19.6 Å². The lowest BCUT2D eigenvalue weighted by molar-refractivity contribution is 0.0685. The predicted molar refractivity (Wildman–Crippen MR) is 128 cm³/mol. The van der Waals surface area contributed by atoms with Crippen molar-refractivity contribution < 1.29 is 14.6 Å². The Hall–Kier alpha value is -3.83. The average molecular weight is 427 g/mol. The Bertz CT molecular complexity index is 1260. The van der Waals surface area contributed by atoms with Crippen LogP contribution >= 0.6 is 0 Å². The maximum Gasteiger partial charge on any atom is 0.352 e. The molecule has 0 fully saturated rings. The van der Waals surface area contributed by atoms with Gasteiger partial charge in [-0.25, -0.2) is 4.79 Å². The highest BCUT2D eigenvalue weighted by atomic mass is 16.5. The second-order valence-electron chi connectivity index (χ2n) is 7.64. The van der Waals surface area contributed by atoms with Crippen LogP contribution in [0.4, 0.5) is 0 Å². The number of hydrogen-bond donors (Lipinski definition) is 2. The van der Waals surface area contributed by atoms with Gasteiger partial charge in [0.05, 0.1) is 7.11 Å². The normalized spacial score (nSPS) is 10.9. The van der Waals surface area contributed by atoms with E-state index in [1.165, 1.54) is 0 Å². The number of hydrogen-bond acceptors (Lipinski definition) is 3. The van der Waals surface area contributed by atoms with Gasteiger partial charge in [-0.1, -0.05) is 67.3 Å². The number of benzene rings is 3. The molecule has 0 atom stereocenters. The Kier molecular flexibility index (Phi) is 6.38. The van der Waals surface area contributed by atoms with Gasteiger partial charge in [0.25, 0.3) is 0 Å². The molecule has 1 aromatic heterocycles. The molecular formula is C27H26N2O3. The van der Waals surface area contributed by atoms with Gasteiger partial charge >= 0.3 is 5.97 Å². The van der Waals surface area contributed by atoms with E-state index in [1.54, 1.807) is 13.2 Å². The number of carbonyl (C=O) groups is 1. The van der Waals surface area contributed by atoms with Crippen LogP contribution in [0.3, 0.4) is 0 Å². The lowest BCUT2D eigenvalue weighted by Gasteiger charge is -2.11. The molecule has 2 N–H and O–H groups in total. The van der Waals surface area contributed by atoms with Crippen LogP contribution in [0.25, 0.3) is 17.0 Å². The van der Waals surface area contributed by atoms with E-state index < -0.39 is 5.97 Å². The summed E-state index contributed by atoms with van der Waals surface area (Å²) < 4.78 is 7.18. The van der Waals surface area contributed by atoms with Gasteiger partial charge in [0.15, 0.2) is 0 Å². The van der Waals surface area contributed by atoms with Crippen LogP contribution in [-0.4, -0.2) is 22.8 Å². The fourth-order valence-corrected chi connectivity index (χ4v) is 4.02. The largest absolute Gasteiger partial charge is 0.497 e. The maximum atomic E-state index is 12.3. The summed E-state index contributed by atoms with van der Waals surface area (Å²) in [5.41, 5.74) is 5.17. The van der Waals surface area contributed by atoms with E-state index >= 15 is 0 Å². The minimum atomic E-state index is -0.929. The Morgan fingerprint density at radius 1 is 1.03 bits per heavy atom. The number of aromatic nitrogens is 1. The van der Waals surface area contributed by atoms with E-state index in [0.717, 1.165) is 38.9 Å². The van der Waals surface area contributed by atoms with E-state index in [-0.39, 0.29) is 0 Å². The monoisotopic (exact) mass is 426 g/mol. The van der Waals surface area contributed by atoms with Crippen molar-refractivity contribution in [1.29, 1.82) is 0 Å². The maximum absolute atomic E-state index is 12.3. The van der Waals surface area contributed by atoms with Crippen LogP contribution in [0, 0.1) is 0 Å². The molecule has 0 saturated heterocycles. The topological polar surface area (TPSA) is 63.5 Å². The number of nitrogens with zero attached hydrogens (tertiary/aromatic N) is 1. The summed E-state index contributed by atoms with van der Waals surface area (Å²) in [6.45, 7) is 5.33. The number of para-hydroxylation sites is 1. The lowest BCUT2D eigenvalue weighted by Crippen LogP contribution is -2.17. The number of ether oxygens (including phenoxy) is 1. The molecule has 5 heteroatoms. The Morgan fingerprint density at radius 2 is 1.81 bits per heavy atom. The van der Waals surface area contributed by atoms with E-state index in [2.05, 4.69) is 11.9 Å². The highest BCUT2D eigenvalue weighted by Crippen LogP contribution is 2.28. The standard InChI is InChI=1S/C27H26N2O3/c1-3-19-11-13-20(14-12-19)18-29-25-10-5-4-9-23(25)24(26(29)27(30)31)17-28-16-21-7-6-8-22(15-21)32-2/h3-15,28H,1,16-18H2,2H3,(H,30,31). The zero-order valence-corrected chi connectivity index (χ0v) is 18.0. The average Bonchev–Trinajstić information content (AvgIpc) is 3.13. The van der Waals surface area contributed by atoms with Gasteiger partial charge in [0, 0.05) is 36.1 Å². The van der Waals surface area contributed by atoms with Gasteiger partial charge in [-0.15, -0.1) is 0 Å². The molecule has 0 unspecified atom stereocenters. The van der Waals surface area contributed by atoms with E-state index in [1.807, 2.05) is 77.4 Å². The van der Waals surface area contributed by atoms with Crippen LogP contribution in [0.5, 0.6) is 5.75 Å². The molecule has 0 aliphatic heterocycles. The SMILES string of the molecule is C=Cc1ccc(Cn2c(C(=O)O)c(CNCc3cccc(OC)c3)c3ccccc32)cc1. The quantitative estimate of drug-likeness (QED) is 0.380. The number of methoxy groups -OCH3 is 1. The third-order valence-corrected chi connectivity index (χ3v) is 5.60. The zero-order valence-electron chi connectivity index (χ0n) is 18.0. The van der Waals surface area contributed by atoms with Crippen LogP contribution in [0.2, 0.25) is 0 Å². The third kappa shape index (κ3) is 4.43. The summed E-state index contributed by atoms with van der Waals surface area (Å²) in [4.78, 5) is 12.3. The molecule has 0 amide bonds.